The summed E-state index contributed by atoms with van der Waals surface area (Å²) in [6.45, 7) is 2.22. The number of carbonyl (C=O) groups excluding carboxylic acids is 1. The molecule has 1 amide bonds. The highest BCUT2D eigenvalue weighted by Crippen LogP contribution is 2.18. The Morgan fingerprint density at radius 2 is 2.28 bits per heavy atom. The average Bonchev–Trinajstić information content (AvgIpc) is 2.79. The van der Waals surface area contributed by atoms with E-state index in [1.54, 1.807) is 6.92 Å². The molecule has 0 aliphatic rings. The van der Waals surface area contributed by atoms with Crippen LogP contribution in [-0.2, 0) is 16.1 Å². The van der Waals surface area contributed by atoms with Gasteiger partial charge in [0.1, 0.15) is 0 Å². The van der Waals surface area contributed by atoms with E-state index in [1.807, 2.05) is 30.5 Å². The summed E-state index contributed by atoms with van der Waals surface area (Å²) in [4.78, 5) is 19.6. The molecule has 1 unspecified atom stereocenters. The van der Waals surface area contributed by atoms with Gasteiger partial charge in [-0.25, -0.2) is 5.48 Å². The second-order valence-electron chi connectivity index (χ2n) is 4.07. The van der Waals surface area contributed by atoms with Crippen molar-refractivity contribution in [1.82, 2.24) is 10.5 Å². The number of benzene rings is 1. The third-order valence-corrected chi connectivity index (χ3v) is 2.77. The van der Waals surface area contributed by atoms with E-state index in [1.165, 1.54) is 0 Å². The van der Waals surface area contributed by atoms with Gasteiger partial charge in [-0.15, -0.1) is 0 Å². The van der Waals surface area contributed by atoms with E-state index in [-0.39, 0.29) is 5.91 Å². The normalized spacial score (nSPS) is 12.6. The number of carbonyl (C=O) groups is 1. The summed E-state index contributed by atoms with van der Waals surface area (Å²) in [5, 5.41) is 1.09. The van der Waals surface area contributed by atoms with Gasteiger partial charge in [-0.3, -0.25) is 9.63 Å². The van der Waals surface area contributed by atoms with Gasteiger partial charge in [0.15, 0.2) is 0 Å². The molecule has 18 heavy (non-hydrogen) atoms. The minimum absolute atomic E-state index is 0.304. The molecule has 0 aliphatic carbocycles. The number of hydrogen-bond donors (Lipinski definition) is 3. The molecule has 1 aromatic heterocycles. The molecule has 2 aromatic rings. The van der Waals surface area contributed by atoms with Gasteiger partial charge in [0.05, 0.1) is 12.6 Å². The Morgan fingerprint density at radius 3 is 3.06 bits per heavy atom. The predicted molar refractivity (Wildman–Crippen MR) is 69.7 cm³/mol. The molecule has 0 aliphatic heterocycles. The van der Waals surface area contributed by atoms with Crippen LogP contribution in [0.4, 0.5) is 0 Å². The third-order valence-electron chi connectivity index (χ3n) is 2.77. The lowest BCUT2D eigenvalue weighted by atomic mass is 10.1. The molecule has 5 nitrogen and oxygen atoms in total. The molecule has 96 valence electrons. The van der Waals surface area contributed by atoms with Crippen LogP contribution in [0.2, 0.25) is 0 Å². The van der Waals surface area contributed by atoms with Gasteiger partial charge < -0.3 is 10.7 Å². The zero-order chi connectivity index (χ0) is 13.0. The second-order valence-corrected chi connectivity index (χ2v) is 4.07. The van der Waals surface area contributed by atoms with Crippen molar-refractivity contribution in [2.45, 2.75) is 19.4 Å². The highest BCUT2D eigenvalue weighted by Gasteiger charge is 2.15. The van der Waals surface area contributed by atoms with Gasteiger partial charge in [-0.1, -0.05) is 18.2 Å². The van der Waals surface area contributed by atoms with Crippen LogP contribution in [0.25, 0.3) is 10.9 Å². The van der Waals surface area contributed by atoms with E-state index in [2.05, 4.69) is 10.5 Å². The van der Waals surface area contributed by atoms with Gasteiger partial charge in [-0.05, 0) is 25.0 Å². The lowest BCUT2D eigenvalue weighted by molar-refractivity contribution is -0.134. The van der Waals surface area contributed by atoms with Crippen molar-refractivity contribution >= 4 is 16.8 Å². The smallest absolute Gasteiger partial charge is 0.260 e. The monoisotopic (exact) mass is 247 g/mol. The topological polar surface area (TPSA) is 80.1 Å². The number of nitrogens with one attached hydrogen (secondary N) is 2. The summed E-state index contributed by atoms with van der Waals surface area (Å²) in [7, 11) is 0. The first-order valence-corrected chi connectivity index (χ1v) is 5.94. The molecule has 0 saturated carbocycles. The van der Waals surface area contributed by atoms with Crippen molar-refractivity contribution in [3.8, 4) is 0 Å². The number of hydroxylamine groups is 1. The summed E-state index contributed by atoms with van der Waals surface area (Å²) in [6, 6.07) is 7.31. The molecule has 1 aromatic carbocycles. The van der Waals surface area contributed by atoms with Gasteiger partial charge >= 0.3 is 0 Å². The number of para-hydroxylation sites is 1. The fraction of sp³-hybridized carbons (Fsp3) is 0.308. The molecule has 1 heterocycles. The summed E-state index contributed by atoms with van der Waals surface area (Å²) >= 11 is 0. The van der Waals surface area contributed by atoms with Crippen LogP contribution in [0.15, 0.2) is 30.5 Å². The van der Waals surface area contributed by atoms with E-state index in [9.17, 15) is 4.79 Å². The van der Waals surface area contributed by atoms with E-state index in [0.29, 0.717) is 13.0 Å². The maximum Gasteiger partial charge on any atom is 0.260 e. The highest BCUT2D eigenvalue weighted by molar-refractivity contribution is 5.85. The van der Waals surface area contributed by atoms with Crippen LogP contribution in [0.3, 0.4) is 0 Å². The van der Waals surface area contributed by atoms with Crippen molar-refractivity contribution in [2.24, 2.45) is 5.73 Å². The summed E-state index contributed by atoms with van der Waals surface area (Å²) in [6.07, 6.45) is 2.36. The van der Waals surface area contributed by atoms with Crippen molar-refractivity contribution in [1.29, 1.82) is 0 Å². The lowest BCUT2D eigenvalue weighted by Crippen LogP contribution is -2.41. The quantitative estimate of drug-likeness (QED) is 0.692. The Bertz CT molecular complexity index is 536. The van der Waals surface area contributed by atoms with Crippen molar-refractivity contribution in [3.63, 3.8) is 0 Å². The maximum absolute atomic E-state index is 11.6. The fourth-order valence-electron chi connectivity index (χ4n) is 1.85. The van der Waals surface area contributed by atoms with Crippen LogP contribution < -0.4 is 11.2 Å². The first-order chi connectivity index (χ1) is 8.72. The molecule has 2 rings (SSSR count). The Kier molecular flexibility index (Phi) is 3.96. The largest absolute Gasteiger partial charge is 0.361 e. The SMILES string of the molecule is CCONC(=O)C(N)Cc1c[nH]c2ccccc12. The molecule has 4 N–H and O–H groups in total. The van der Waals surface area contributed by atoms with E-state index >= 15 is 0 Å². The number of nitrogens with two attached hydrogens (primary N) is 1. The zero-order valence-corrected chi connectivity index (χ0v) is 10.3. The Labute approximate surface area is 105 Å². The van der Waals surface area contributed by atoms with Crippen LogP contribution in [-0.4, -0.2) is 23.5 Å². The van der Waals surface area contributed by atoms with E-state index in [0.717, 1.165) is 16.5 Å². The molecule has 0 spiro atoms. The van der Waals surface area contributed by atoms with Crippen molar-refractivity contribution in [3.05, 3.63) is 36.0 Å². The molecule has 1 atom stereocenters. The van der Waals surface area contributed by atoms with Gasteiger partial charge in [0, 0.05) is 17.1 Å². The van der Waals surface area contributed by atoms with Crippen LogP contribution >= 0.6 is 0 Å². The molecular formula is C13H17N3O2. The molecule has 5 heteroatoms. The number of H-pyrrole nitrogens is 1. The maximum atomic E-state index is 11.6. The van der Waals surface area contributed by atoms with Crippen LogP contribution in [0.1, 0.15) is 12.5 Å². The van der Waals surface area contributed by atoms with Gasteiger partial charge in [0.2, 0.25) is 0 Å². The summed E-state index contributed by atoms with van der Waals surface area (Å²) in [5.74, 6) is -0.304. The number of hydrogen-bond acceptors (Lipinski definition) is 3. The average molecular weight is 247 g/mol. The van der Waals surface area contributed by atoms with Crippen LogP contribution in [0.5, 0.6) is 0 Å². The van der Waals surface area contributed by atoms with Crippen LogP contribution in [0, 0.1) is 0 Å². The van der Waals surface area contributed by atoms with Crippen molar-refractivity contribution < 1.29 is 9.63 Å². The highest BCUT2D eigenvalue weighted by atomic mass is 16.6. The number of aromatic nitrogens is 1. The van der Waals surface area contributed by atoms with E-state index < -0.39 is 6.04 Å². The van der Waals surface area contributed by atoms with Crippen molar-refractivity contribution in [2.75, 3.05) is 6.61 Å². The summed E-state index contributed by atoms with van der Waals surface area (Å²) in [5.41, 5.74) is 10.2. The number of aromatic amines is 1. The Balaban J connectivity index is 2.07. The molecule has 0 saturated heterocycles. The molecule has 0 radical (unpaired) electrons. The number of rotatable bonds is 5. The van der Waals surface area contributed by atoms with Gasteiger partial charge in [0.25, 0.3) is 5.91 Å². The number of amides is 1. The molecular weight excluding hydrogens is 230 g/mol. The molecule has 0 bridgehead atoms. The summed E-state index contributed by atoms with van der Waals surface area (Å²) < 4.78 is 0. The third kappa shape index (κ3) is 2.69. The zero-order valence-electron chi connectivity index (χ0n) is 10.3. The Morgan fingerprint density at radius 1 is 1.50 bits per heavy atom. The van der Waals surface area contributed by atoms with E-state index in [4.69, 9.17) is 10.6 Å². The van der Waals surface area contributed by atoms with Gasteiger partial charge in [-0.2, -0.15) is 0 Å². The number of fused-ring (bicyclic) bond motifs is 1. The Hall–Kier alpha value is -1.85. The first kappa shape index (κ1) is 12.6. The minimum Gasteiger partial charge on any atom is -0.361 e. The fourth-order valence-corrected chi connectivity index (χ4v) is 1.85. The molecule has 0 fully saturated rings. The minimum atomic E-state index is -0.615. The predicted octanol–water partition coefficient (Wildman–Crippen LogP) is 1.11. The standard InChI is InChI=1S/C13H17N3O2/c1-2-18-16-13(17)11(14)7-9-8-15-12-6-4-3-5-10(9)12/h3-6,8,11,15H,2,7,14H2,1H3,(H,16,17). The lowest BCUT2D eigenvalue weighted by Gasteiger charge is -2.10. The first-order valence-electron chi connectivity index (χ1n) is 5.94. The second kappa shape index (κ2) is 5.66.